The molecule has 3 nitrogen and oxygen atoms in total. The molecule has 0 aromatic heterocycles. The summed E-state index contributed by atoms with van der Waals surface area (Å²) in [4.78, 5) is 4.93. The van der Waals surface area contributed by atoms with E-state index in [2.05, 4.69) is 55.0 Å². The molecule has 0 bridgehead atoms. The molecule has 2 rings (SSSR count). The van der Waals surface area contributed by atoms with Gasteiger partial charge in [-0.05, 0) is 31.5 Å². The Morgan fingerprint density at radius 1 is 1.26 bits per heavy atom. The van der Waals surface area contributed by atoms with Crippen LogP contribution in [0.15, 0.2) is 24.3 Å². The van der Waals surface area contributed by atoms with Crippen LogP contribution < -0.4 is 5.73 Å². The van der Waals surface area contributed by atoms with Crippen molar-refractivity contribution >= 4 is 0 Å². The molecule has 0 radical (unpaired) electrons. The highest BCUT2D eigenvalue weighted by atomic mass is 15.3. The maximum atomic E-state index is 5.95. The zero-order valence-electron chi connectivity index (χ0n) is 12.5. The van der Waals surface area contributed by atoms with Gasteiger partial charge in [-0.1, -0.05) is 31.2 Å². The van der Waals surface area contributed by atoms with Gasteiger partial charge in [-0.25, -0.2) is 0 Å². The van der Waals surface area contributed by atoms with Crippen LogP contribution in [0.25, 0.3) is 0 Å². The van der Waals surface area contributed by atoms with Gasteiger partial charge in [-0.2, -0.15) is 0 Å². The molecule has 1 aliphatic heterocycles. The van der Waals surface area contributed by atoms with E-state index >= 15 is 0 Å². The fourth-order valence-electron chi connectivity index (χ4n) is 2.97. The topological polar surface area (TPSA) is 32.5 Å². The van der Waals surface area contributed by atoms with E-state index in [0.29, 0.717) is 12.1 Å². The molecule has 2 N–H and O–H groups in total. The number of hydrogen-bond acceptors (Lipinski definition) is 3. The van der Waals surface area contributed by atoms with Crippen molar-refractivity contribution in [1.82, 2.24) is 9.80 Å². The monoisotopic (exact) mass is 261 g/mol. The van der Waals surface area contributed by atoms with E-state index in [1.807, 2.05) is 0 Å². The summed E-state index contributed by atoms with van der Waals surface area (Å²) in [5.41, 5.74) is 8.76. The summed E-state index contributed by atoms with van der Waals surface area (Å²) in [6, 6.07) is 9.97. The lowest BCUT2D eigenvalue weighted by Gasteiger charge is -2.43. The number of nitrogens with two attached hydrogens (primary N) is 1. The Labute approximate surface area is 117 Å². The Morgan fingerprint density at radius 2 is 1.95 bits per heavy atom. The third-order valence-electron chi connectivity index (χ3n) is 4.37. The van der Waals surface area contributed by atoms with E-state index < -0.39 is 0 Å². The van der Waals surface area contributed by atoms with Gasteiger partial charge in [0, 0.05) is 38.3 Å². The third kappa shape index (κ3) is 3.35. The number of hydrogen-bond donors (Lipinski definition) is 1. The van der Waals surface area contributed by atoms with Gasteiger partial charge in [0.1, 0.15) is 0 Å². The first-order chi connectivity index (χ1) is 9.15. The van der Waals surface area contributed by atoms with Crippen LogP contribution in [0.4, 0.5) is 0 Å². The summed E-state index contributed by atoms with van der Waals surface area (Å²) in [6.07, 6.45) is 1.11. The zero-order chi connectivity index (χ0) is 13.8. The maximum absolute atomic E-state index is 5.95. The van der Waals surface area contributed by atoms with Crippen molar-refractivity contribution in [2.75, 3.05) is 33.2 Å². The van der Waals surface area contributed by atoms with Crippen LogP contribution in [-0.4, -0.2) is 49.1 Å². The van der Waals surface area contributed by atoms with Gasteiger partial charge in [-0.3, -0.25) is 4.90 Å². The van der Waals surface area contributed by atoms with E-state index in [4.69, 9.17) is 5.73 Å². The van der Waals surface area contributed by atoms with Crippen molar-refractivity contribution in [1.29, 1.82) is 0 Å². The first-order valence-electron chi connectivity index (χ1n) is 7.39. The van der Waals surface area contributed by atoms with E-state index in [9.17, 15) is 0 Å². The smallest absolute Gasteiger partial charge is 0.0352 e. The van der Waals surface area contributed by atoms with Crippen LogP contribution in [0.5, 0.6) is 0 Å². The number of aryl methyl sites for hydroxylation is 1. The van der Waals surface area contributed by atoms with Crippen LogP contribution in [0.2, 0.25) is 0 Å². The molecular formula is C16H27N3. The standard InChI is InChI=1S/C16H27N3/c1-4-14-5-7-15(8-6-14)13(2)19-10-9-18(3)12-16(19)11-17/h5-8,13,16H,4,9-12,17H2,1-3H3. The van der Waals surface area contributed by atoms with Crippen LogP contribution in [0.3, 0.4) is 0 Å². The number of benzene rings is 1. The normalized spacial score (nSPS) is 23.5. The second-order valence-electron chi connectivity index (χ2n) is 5.66. The fraction of sp³-hybridized carbons (Fsp3) is 0.625. The molecule has 0 spiro atoms. The van der Waals surface area contributed by atoms with Gasteiger partial charge in [0.15, 0.2) is 0 Å². The van der Waals surface area contributed by atoms with Gasteiger partial charge >= 0.3 is 0 Å². The predicted octanol–water partition coefficient (Wildman–Crippen LogP) is 1.88. The highest BCUT2D eigenvalue weighted by molar-refractivity contribution is 5.25. The molecule has 0 aliphatic carbocycles. The minimum Gasteiger partial charge on any atom is -0.329 e. The minimum atomic E-state index is 0.452. The van der Waals surface area contributed by atoms with E-state index in [1.54, 1.807) is 0 Å². The Balaban J connectivity index is 2.10. The summed E-state index contributed by atoms with van der Waals surface area (Å²) in [7, 11) is 2.18. The van der Waals surface area contributed by atoms with E-state index in [1.165, 1.54) is 11.1 Å². The quantitative estimate of drug-likeness (QED) is 0.898. The molecule has 1 aliphatic rings. The van der Waals surface area contributed by atoms with Crippen molar-refractivity contribution < 1.29 is 0 Å². The Kier molecular flexibility index (Phi) is 4.97. The molecule has 19 heavy (non-hydrogen) atoms. The summed E-state index contributed by atoms with van der Waals surface area (Å²) in [6.45, 7) is 8.55. The first-order valence-corrected chi connectivity index (χ1v) is 7.39. The molecule has 1 fully saturated rings. The molecular weight excluding hydrogens is 234 g/mol. The Hall–Kier alpha value is -0.900. The molecule has 1 aromatic carbocycles. The van der Waals surface area contributed by atoms with Crippen LogP contribution >= 0.6 is 0 Å². The van der Waals surface area contributed by atoms with Crippen molar-refractivity contribution in [3.63, 3.8) is 0 Å². The SMILES string of the molecule is CCc1ccc(C(C)N2CCN(C)CC2CN)cc1. The lowest BCUT2D eigenvalue weighted by atomic mass is 10.0. The average Bonchev–Trinajstić information content (AvgIpc) is 2.46. The molecule has 1 heterocycles. The van der Waals surface area contributed by atoms with E-state index in [-0.39, 0.29) is 0 Å². The fourth-order valence-corrected chi connectivity index (χ4v) is 2.97. The first kappa shape index (κ1) is 14.5. The van der Waals surface area contributed by atoms with Crippen molar-refractivity contribution in [2.45, 2.75) is 32.4 Å². The van der Waals surface area contributed by atoms with Gasteiger partial charge in [0.25, 0.3) is 0 Å². The number of nitrogens with zero attached hydrogens (tertiary/aromatic N) is 2. The number of rotatable bonds is 4. The molecule has 0 saturated carbocycles. The summed E-state index contributed by atoms with van der Waals surface area (Å²) < 4.78 is 0. The average molecular weight is 261 g/mol. The predicted molar refractivity (Wildman–Crippen MR) is 81.3 cm³/mol. The minimum absolute atomic E-state index is 0.452. The molecule has 2 atom stereocenters. The second kappa shape index (κ2) is 6.51. The van der Waals surface area contributed by atoms with Crippen LogP contribution in [-0.2, 0) is 6.42 Å². The van der Waals surface area contributed by atoms with E-state index in [0.717, 1.165) is 32.6 Å². The maximum Gasteiger partial charge on any atom is 0.0352 e. The zero-order valence-corrected chi connectivity index (χ0v) is 12.5. The summed E-state index contributed by atoms with van der Waals surface area (Å²) >= 11 is 0. The highest BCUT2D eigenvalue weighted by Gasteiger charge is 2.28. The Bertz CT molecular complexity index is 387. The van der Waals surface area contributed by atoms with Crippen LogP contribution in [0.1, 0.15) is 31.0 Å². The summed E-state index contributed by atoms with van der Waals surface area (Å²) in [5.74, 6) is 0. The molecule has 2 unspecified atom stereocenters. The van der Waals surface area contributed by atoms with Crippen LogP contribution in [0, 0.1) is 0 Å². The molecule has 1 saturated heterocycles. The lowest BCUT2D eigenvalue weighted by molar-refractivity contribution is 0.0621. The second-order valence-corrected chi connectivity index (χ2v) is 5.66. The molecule has 1 aromatic rings. The largest absolute Gasteiger partial charge is 0.329 e. The molecule has 3 heteroatoms. The Morgan fingerprint density at radius 3 is 2.53 bits per heavy atom. The highest BCUT2D eigenvalue weighted by Crippen LogP contribution is 2.24. The van der Waals surface area contributed by atoms with Gasteiger partial charge < -0.3 is 10.6 Å². The van der Waals surface area contributed by atoms with Crippen molar-refractivity contribution in [3.05, 3.63) is 35.4 Å². The third-order valence-corrected chi connectivity index (χ3v) is 4.37. The van der Waals surface area contributed by atoms with Gasteiger partial charge in [0.05, 0.1) is 0 Å². The summed E-state index contributed by atoms with van der Waals surface area (Å²) in [5, 5.41) is 0. The lowest BCUT2D eigenvalue weighted by Crippen LogP contribution is -2.55. The molecule has 0 amide bonds. The number of piperazine rings is 1. The van der Waals surface area contributed by atoms with Gasteiger partial charge in [0.2, 0.25) is 0 Å². The van der Waals surface area contributed by atoms with Crippen molar-refractivity contribution in [3.8, 4) is 0 Å². The van der Waals surface area contributed by atoms with Gasteiger partial charge in [-0.15, -0.1) is 0 Å². The molecule has 106 valence electrons. The number of likely N-dealkylation sites (N-methyl/N-ethyl adjacent to an activating group) is 1. The van der Waals surface area contributed by atoms with Crippen molar-refractivity contribution in [2.24, 2.45) is 5.73 Å².